The Morgan fingerprint density at radius 1 is 1.47 bits per heavy atom. The Morgan fingerprint density at radius 2 is 2.26 bits per heavy atom. The third-order valence-corrected chi connectivity index (χ3v) is 4.16. The van der Waals surface area contributed by atoms with Crippen LogP contribution in [0.5, 0.6) is 0 Å². The minimum Gasteiger partial charge on any atom is -0.337 e. The lowest BCUT2D eigenvalue weighted by molar-refractivity contribution is 0.0750. The van der Waals surface area contributed by atoms with Gasteiger partial charge in [0.25, 0.3) is 5.91 Å². The minimum atomic E-state index is -0.0801. The zero-order valence-electron chi connectivity index (χ0n) is 11.6. The lowest BCUT2D eigenvalue weighted by atomic mass is 10.2. The summed E-state index contributed by atoms with van der Waals surface area (Å²) in [5, 5.41) is 6.94. The van der Waals surface area contributed by atoms with E-state index in [2.05, 4.69) is 27.1 Å². The van der Waals surface area contributed by atoms with E-state index in [1.165, 1.54) is 6.42 Å². The van der Waals surface area contributed by atoms with Crippen LogP contribution in [0.2, 0.25) is 0 Å². The summed E-state index contributed by atoms with van der Waals surface area (Å²) in [6.45, 7) is 1.88. The van der Waals surface area contributed by atoms with Crippen molar-refractivity contribution in [3.8, 4) is 0 Å². The maximum absolute atomic E-state index is 12.3. The fraction of sp³-hybridized carbons (Fsp3) is 0.769. The van der Waals surface area contributed by atoms with Gasteiger partial charge in [-0.2, -0.15) is 0 Å². The van der Waals surface area contributed by atoms with E-state index in [0.29, 0.717) is 17.8 Å². The molecule has 1 N–H and O–H groups in total. The molecule has 0 spiro atoms. The van der Waals surface area contributed by atoms with Crippen molar-refractivity contribution in [3.63, 3.8) is 0 Å². The Hall–Kier alpha value is -1.43. The van der Waals surface area contributed by atoms with Crippen LogP contribution in [-0.2, 0) is 0 Å². The van der Waals surface area contributed by atoms with Gasteiger partial charge >= 0.3 is 0 Å². The van der Waals surface area contributed by atoms with E-state index >= 15 is 0 Å². The van der Waals surface area contributed by atoms with Gasteiger partial charge in [0.15, 0.2) is 0 Å². The molecule has 0 aromatic carbocycles. The van der Waals surface area contributed by atoms with Crippen LogP contribution in [-0.4, -0.2) is 64.1 Å². The molecular formula is C13H21N5O. The van der Waals surface area contributed by atoms with Gasteiger partial charge in [0.1, 0.15) is 5.82 Å². The molecule has 0 radical (unpaired) electrons. The Kier molecular flexibility index (Phi) is 3.26. The Balaban J connectivity index is 1.61. The van der Waals surface area contributed by atoms with Crippen molar-refractivity contribution in [2.24, 2.45) is 0 Å². The summed E-state index contributed by atoms with van der Waals surface area (Å²) in [5.41, 5.74) is 0. The molecule has 104 valence electrons. The molecule has 2 heterocycles. The Bertz CT molecular complexity index is 467. The number of H-pyrrole nitrogens is 1. The monoisotopic (exact) mass is 263 g/mol. The number of aromatic amines is 1. The summed E-state index contributed by atoms with van der Waals surface area (Å²) in [4.78, 5) is 20.6. The van der Waals surface area contributed by atoms with Crippen molar-refractivity contribution in [1.29, 1.82) is 0 Å². The quantitative estimate of drug-likeness (QED) is 0.874. The molecule has 19 heavy (non-hydrogen) atoms. The highest BCUT2D eigenvalue weighted by molar-refractivity contribution is 5.90. The fourth-order valence-electron chi connectivity index (χ4n) is 2.69. The normalized spacial score (nSPS) is 23.8. The number of amides is 1. The summed E-state index contributed by atoms with van der Waals surface area (Å²) < 4.78 is 0. The summed E-state index contributed by atoms with van der Waals surface area (Å²) >= 11 is 0. The zero-order valence-corrected chi connectivity index (χ0v) is 11.6. The number of nitrogens with zero attached hydrogens (tertiary/aromatic N) is 4. The summed E-state index contributed by atoms with van der Waals surface area (Å²) in [6.07, 6.45) is 4.70. The predicted molar refractivity (Wildman–Crippen MR) is 71.0 cm³/mol. The molecule has 2 fully saturated rings. The van der Waals surface area contributed by atoms with Gasteiger partial charge in [-0.05, 0) is 39.3 Å². The van der Waals surface area contributed by atoms with Gasteiger partial charge in [0.2, 0.25) is 5.82 Å². The minimum absolute atomic E-state index is 0.0801. The predicted octanol–water partition coefficient (Wildman–Crippen LogP) is 0.848. The number of likely N-dealkylation sites (tertiary alicyclic amines) is 1. The SMILES string of the molecule is CN(CC1CCCN1C)C(=O)c1n[nH]c(C2CC2)n1. The van der Waals surface area contributed by atoms with Crippen molar-refractivity contribution < 1.29 is 4.79 Å². The molecule has 6 nitrogen and oxygen atoms in total. The molecule has 3 rings (SSSR count). The van der Waals surface area contributed by atoms with Crippen molar-refractivity contribution >= 4 is 5.91 Å². The largest absolute Gasteiger partial charge is 0.337 e. The highest BCUT2D eigenvalue weighted by atomic mass is 16.2. The highest BCUT2D eigenvalue weighted by Gasteiger charge is 2.30. The first kappa shape index (κ1) is 12.6. The average molecular weight is 263 g/mol. The number of carbonyl (C=O) groups is 1. The van der Waals surface area contributed by atoms with E-state index in [9.17, 15) is 4.79 Å². The van der Waals surface area contributed by atoms with Crippen LogP contribution in [0.4, 0.5) is 0 Å². The number of hydrogen-bond donors (Lipinski definition) is 1. The standard InChI is InChI=1S/C13H21N5O/c1-17-7-3-4-10(17)8-18(2)13(19)12-14-11(15-16-12)9-5-6-9/h9-10H,3-8H2,1-2H3,(H,14,15,16). The molecule has 1 saturated heterocycles. The van der Waals surface area contributed by atoms with Crippen LogP contribution in [0.15, 0.2) is 0 Å². The van der Waals surface area contributed by atoms with Gasteiger partial charge in [0, 0.05) is 25.6 Å². The summed E-state index contributed by atoms with van der Waals surface area (Å²) in [5.74, 6) is 1.60. The maximum Gasteiger partial charge on any atom is 0.293 e. The third-order valence-electron chi connectivity index (χ3n) is 4.16. The number of rotatable bonds is 4. The first-order chi connectivity index (χ1) is 9.15. The lowest BCUT2D eigenvalue weighted by Crippen LogP contribution is -2.39. The number of hydrogen-bond acceptors (Lipinski definition) is 4. The van der Waals surface area contributed by atoms with E-state index in [1.54, 1.807) is 4.90 Å². The number of likely N-dealkylation sites (N-methyl/N-ethyl adjacent to an activating group) is 2. The van der Waals surface area contributed by atoms with E-state index < -0.39 is 0 Å². The molecule has 1 atom stereocenters. The molecule has 1 amide bonds. The third kappa shape index (κ3) is 2.63. The fourth-order valence-corrected chi connectivity index (χ4v) is 2.69. The zero-order chi connectivity index (χ0) is 13.4. The molecule has 1 unspecified atom stereocenters. The van der Waals surface area contributed by atoms with E-state index in [4.69, 9.17) is 0 Å². The van der Waals surface area contributed by atoms with Gasteiger partial charge in [-0.25, -0.2) is 4.98 Å². The first-order valence-electron chi connectivity index (χ1n) is 7.03. The van der Waals surface area contributed by atoms with Crippen LogP contribution in [0.3, 0.4) is 0 Å². The van der Waals surface area contributed by atoms with E-state index in [-0.39, 0.29) is 5.91 Å². The molecule has 1 aromatic rings. The molecule has 1 saturated carbocycles. The second kappa shape index (κ2) is 4.92. The molecule has 1 aromatic heterocycles. The van der Waals surface area contributed by atoms with Gasteiger partial charge in [0.05, 0.1) is 0 Å². The van der Waals surface area contributed by atoms with Crippen LogP contribution >= 0.6 is 0 Å². The molecule has 2 aliphatic rings. The number of aromatic nitrogens is 3. The highest BCUT2D eigenvalue weighted by Crippen LogP contribution is 2.37. The van der Waals surface area contributed by atoms with Gasteiger partial charge in [-0.3, -0.25) is 9.89 Å². The van der Waals surface area contributed by atoms with E-state index in [0.717, 1.165) is 38.2 Å². The molecule has 6 heteroatoms. The number of carbonyl (C=O) groups excluding carboxylic acids is 1. The number of nitrogens with one attached hydrogen (secondary N) is 1. The van der Waals surface area contributed by atoms with Gasteiger partial charge < -0.3 is 9.80 Å². The molecular weight excluding hydrogens is 242 g/mol. The van der Waals surface area contributed by atoms with Crippen LogP contribution < -0.4 is 0 Å². The van der Waals surface area contributed by atoms with Crippen LogP contribution in [0, 0.1) is 0 Å². The first-order valence-corrected chi connectivity index (χ1v) is 7.03. The molecule has 1 aliphatic carbocycles. The van der Waals surface area contributed by atoms with Crippen molar-refractivity contribution in [2.75, 3.05) is 27.2 Å². The topological polar surface area (TPSA) is 65.1 Å². The van der Waals surface area contributed by atoms with Gasteiger partial charge in [-0.15, -0.1) is 5.10 Å². The Morgan fingerprint density at radius 3 is 2.89 bits per heavy atom. The van der Waals surface area contributed by atoms with Crippen molar-refractivity contribution in [1.82, 2.24) is 25.0 Å². The summed E-state index contributed by atoms with van der Waals surface area (Å²) in [6, 6.07) is 0.468. The molecule has 0 bridgehead atoms. The smallest absolute Gasteiger partial charge is 0.293 e. The summed E-state index contributed by atoms with van der Waals surface area (Å²) in [7, 11) is 3.95. The van der Waals surface area contributed by atoms with E-state index in [1.807, 2.05) is 7.05 Å². The van der Waals surface area contributed by atoms with Crippen LogP contribution in [0.25, 0.3) is 0 Å². The Labute approximate surface area is 113 Å². The lowest BCUT2D eigenvalue weighted by Gasteiger charge is -2.25. The molecule has 1 aliphatic heterocycles. The average Bonchev–Trinajstić information content (AvgIpc) is 3.00. The van der Waals surface area contributed by atoms with Crippen LogP contribution in [0.1, 0.15) is 48.0 Å². The second-order valence-electron chi connectivity index (χ2n) is 5.78. The second-order valence-corrected chi connectivity index (χ2v) is 5.78. The maximum atomic E-state index is 12.3. The van der Waals surface area contributed by atoms with Gasteiger partial charge in [-0.1, -0.05) is 0 Å². The van der Waals surface area contributed by atoms with Crippen molar-refractivity contribution in [3.05, 3.63) is 11.6 Å². The van der Waals surface area contributed by atoms with Crippen molar-refractivity contribution in [2.45, 2.75) is 37.6 Å².